The fourth-order valence-electron chi connectivity index (χ4n) is 1.60. The highest BCUT2D eigenvalue weighted by atomic mass is 32.2. The standard InChI is InChI=1S/C8H18N2O2S/c1-7(9)5-10-3-4-13(11,12)8(2)6-10/h7-8H,3-6,9H2,1-2H3. The van der Waals surface area contributed by atoms with Gasteiger partial charge in [-0.3, -0.25) is 4.90 Å². The van der Waals surface area contributed by atoms with Crippen molar-refractivity contribution in [2.24, 2.45) is 5.73 Å². The average Bonchev–Trinajstić information content (AvgIpc) is 1.97. The summed E-state index contributed by atoms with van der Waals surface area (Å²) in [6, 6.07) is 0.119. The molecular weight excluding hydrogens is 188 g/mol. The Hall–Kier alpha value is -0.130. The van der Waals surface area contributed by atoms with Crippen molar-refractivity contribution in [2.45, 2.75) is 25.1 Å². The zero-order valence-corrected chi connectivity index (χ0v) is 9.05. The molecule has 0 saturated carbocycles. The molecule has 1 saturated heterocycles. The molecular formula is C8H18N2O2S. The highest BCUT2D eigenvalue weighted by Gasteiger charge is 2.29. The van der Waals surface area contributed by atoms with Crippen LogP contribution in [0.25, 0.3) is 0 Å². The third-order valence-corrected chi connectivity index (χ3v) is 4.49. The van der Waals surface area contributed by atoms with Crippen LogP contribution in [0.5, 0.6) is 0 Å². The lowest BCUT2D eigenvalue weighted by molar-refractivity contribution is 0.265. The highest BCUT2D eigenvalue weighted by molar-refractivity contribution is 7.92. The summed E-state index contributed by atoms with van der Waals surface area (Å²) >= 11 is 0. The summed E-state index contributed by atoms with van der Waals surface area (Å²) in [5.74, 6) is 0.279. The number of rotatable bonds is 2. The Morgan fingerprint density at radius 3 is 2.69 bits per heavy atom. The minimum absolute atomic E-state index is 0.119. The van der Waals surface area contributed by atoms with E-state index in [2.05, 4.69) is 4.90 Å². The number of nitrogens with two attached hydrogens (primary N) is 1. The molecule has 1 fully saturated rings. The minimum atomic E-state index is -2.81. The lowest BCUT2D eigenvalue weighted by Crippen LogP contribution is -2.48. The topological polar surface area (TPSA) is 63.4 Å². The second kappa shape index (κ2) is 3.94. The van der Waals surface area contributed by atoms with E-state index in [1.165, 1.54) is 0 Å². The van der Waals surface area contributed by atoms with Crippen LogP contribution in [0.3, 0.4) is 0 Å². The van der Waals surface area contributed by atoms with Crippen LogP contribution in [0, 0.1) is 0 Å². The second-order valence-corrected chi connectivity index (χ2v) is 6.45. The van der Waals surface area contributed by atoms with Crippen molar-refractivity contribution in [3.8, 4) is 0 Å². The summed E-state index contributed by atoms with van der Waals surface area (Å²) in [6.45, 7) is 5.76. The van der Waals surface area contributed by atoms with Gasteiger partial charge in [-0.2, -0.15) is 0 Å². The molecule has 1 aliphatic heterocycles. The quantitative estimate of drug-likeness (QED) is 0.658. The Kier molecular flexibility index (Phi) is 3.32. The summed E-state index contributed by atoms with van der Waals surface area (Å²) in [5.41, 5.74) is 5.65. The van der Waals surface area contributed by atoms with Crippen molar-refractivity contribution < 1.29 is 8.42 Å². The summed E-state index contributed by atoms with van der Waals surface area (Å²) in [4.78, 5) is 2.12. The Bertz CT molecular complexity index is 261. The molecule has 4 nitrogen and oxygen atoms in total. The van der Waals surface area contributed by atoms with Crippen LogP contribution >= 0.6 is 0 Å². The maximum atomic E-state index is 11.4. The first-order valence-electron chi connectivity index (χ1n) is 4.61. The van der Waals surface area contributed by atoms with E-state index in [1.807, 2.05) is 6.92 Å². The molecule has 0 bridgehead atoms. The van der Waals surface area contributed by atoms with E-state index in [1.54, 1.807) is 6.92 Å². The molecule has 2 unspecified atom stereocenters. The zero-order chi connectivity index (χ0) is 10.1. The van der Waals surface area contributed by atoms with E-state index in [4.69, 9.17) is 5.73 Å². The van der Waals surface area contributed by atoms with Crippen LogP contribution in [-0.4, -0.2) is 50.0 Å². The largest absolute Gasteiger partial charge is 0.327 e. The Morgan fingerprint density at radius 2 is 2.23 bits per heavy atom. The second-order valence-electron chi connectivity index (χ2n) is 3.91. The molecule has 1 heterocycles. The molecule has 0 spiro atoms. The van der Waals surface area contributed by atoms with Crippen LogP contribution in [-0.2, 0) is 9.84 Å². The molecule has 0 radical (unpaired) electrons. The monoisotopic (exact) mass is 206 g/mol. The SMILES string of the molecule is CC(N)CN1CCS(=O)(=O)C(C)C1. The van der Waals surface area contributed by atoms with E-state index in [-0.39, 0.29) is 17.0 Å². The number of hydrogen-bond donors (Lipinski definition) is 1. The number of hydrogen-bond acceptors (Lipinski definition) is 4. The first kappa shape index (κ1) is 10.9. The van der Waals surface area contributed by atoms with Gasteiger partial charge in [-0.05, 0) is 13.8 Å². The third kappa shape index (κ3) is 2.93. The van der Waals surface area contributed by atoms with Crippen LogP contribution in [0.2, 0.25) is 0 Å². The molecule has 0 aliphatic carbocycles. The maximum absolute atomic E-state index is 11.4. The minimum Gasteiger partial charge on any atom is -0.327 e. The predicted molar refractivity (Wildman–Crippen MR) is 53.3 cm³/mol. The van der Waals surface area contributed by atoms with Gasteiger partial charge in [-0.15, -0.1) is 0 Å². The van der Waals surface area contributed by atoms with E-state index in [9.17, 15) is 8.42 Å². The van der Waals surface area contributed by atoms with Crippen LogP contribution in [0.1, 0.15) is 13.8 Å². The van der Waals surface area contributed by atoms with Gasteiger partial charge in [0.2, 0.25) is 0 Å². The van der Waals surface area contributed by atoms with Crippen LogP contribution in [0.4, 0.5) is 0 Å². The van der Waals surface area contributed by atoms with Crippen molar-refractivity contribution in [2.75, 3.05) is 25.4 Å². The van der Waals surface area contributed by atoms with Gasteiger partial charge in [0.1, 0.15) is 0 Å². The van der Waals surface area contributed by atoms with Crippen LogP contribution in [0.15, 0.2) is 0 Å². The lowest BCUT2D eigenvalue weighted by atomic mass is 10.3. The summed E-state index contributed by atoms with van der Waals surface area (Å²) < 4.78 is 22.7. The fraction of sp³-hybridized carbons (Fsp3) is 1.00. The van der Waals surface area contributed by atoms with Gasteiger partial charge in [0, 0.05) is 25.7 Å². The molecule has 0 aromatic rings. The smallest absolute Gasteiger partial charge is 0.155 e. The maximum Gasteiger partial charge on any atom is 0.155 e. The van der Waals surface area contributed by atoms with E-state index in [0.717, 1.165) is 6.54 Å². The molecule has 0 aromatic carbocycles. The van der Waals surface area contributed by atoms with Crippen molar-refractivity contribution in [3.05, 3.63) is 0 Å². The van der Waals surface area contributed by atoms with Gasteiger partial charge in [0.05, 0.1) is 11.0 Å². The molecule has 2 N–H and O–H groups in total. The zero-order valence-electron chi connectivity index (χ0n) is 8.23. The van der Waals surface area contributed by atoms with Gasteiger partial charge >= 0.3 is 0 Å². The van der Waals surface area contributed by atoms with Gasteiger partial charge in [-0.1, -0.05) is 0 Å². The molecule has 13 heavy (non-hydrogen) atoms. The van der Waals surface area contributed by atoms with Crippen molar-refractivity contribution in [3.63, 3.8) is 0 Å². The van der Waals surface area contributed by atoms with Crippen molar-refractivity contribution in [1.29, 1.82) is 0 Å². The third-order valence-electron chi connectivity index (χ3n) is 2.37. The lowest BCUT2D eigenvalue weighted by Gasteiger charge is -2.31. The van der Waals surface area contributed by atoms with Gasteiger partial charge in [0.15, 0.2) is 9.84 Å². The summed E-state index contributed by atoms with van der Waals surface area (Å²) in [6.07, 6.45) is 0. The molecule has 0 aromatic heterocycles. The van der Waals surface area contributed by atoms with Gasteiger partial charge in [0.25, 0.3) is 0 Å². The first-order valence-corrected chi connectivity index (χ1v) is 6.33. The fourth-order valence-corrected chi connectivity index (χ4v) is 2.95. The van der Waals surface area contributed by atoms with E-state index >= 15 is 0 Å². The van der Waals surface area contributed by atoms with Gasteiger partial charge < -0.3 is 5.73 Å². The number of sulfone groups is 1. The Labute approximate surface area is 80.0 Å². The first-order chi connectivity index (χ1) is 5.92. The van der Waals surface area contributed by atoms with Crippen LogP contribution < -0.4 is 5.73 Å². The normalized spacial score (nSPS) is 31.5. The molecule has 0 amide bonds. The van der Waals surface area contributed by atoms with Crippen molar-refractivity contribution in [1.82, 2.24) is 4.90 Å². The molecule has 1 rings (SSSR count). The highest BCUT2D eigenvalue weighted by Crippen LogP contribution is 2.11. The molecule has 1 aliphatic rings. The van der Waals surface area contributed by atoms with Crippen molar-refractivity contribution >= 4 is 9.84 Å². The summed E-state index contributed by atoms with van der Waals surface area (Å²) in [5, 5.41) is -0.236. The molecule has 2 atom stereocenters. The number of nitrogens with zero attached hydrogens (tertiary/aromatic N) is 1. The average molecular weight is 206 g/mol. The predicted octanol–water partition coefficient (Wildman–Crippen LogP) is -0.547. The van der Waals surface area contributed by atoms with E-state index in [0.29, 0.717) is 13.1 Å². The molecule has 78 valence electrons. The molecule has 5 heteroatoms. The van der Waals surface area contributed by atoms with E-state index < -0.39 is 9.84 Å². The van der Waals surface area contributed by atoms with Gasteiger partial charge in [-0.25, -0.2) is 8.42 Å². The Balaban J connectivity index is 2.51. The summed E-state index contributed by atoms with van der Waals surface area (Å²) in [7, 11) is -2.81. The Morgan fingerprint density at radius 1 is 1.62 bits per heavy atom.